The summed E-state index contributed by atoms with van der Waals surface area (Å²) in [5, 5.41) is 8.85. The van der Waals surface area contributed by atoms with E-state index in [2.05, 4.69) is 15.9 Å². The van der Waals surface area contributed by atoms with Crippen molar-refractivity contribution in [1.82, 2.24) is 4.72 Å². The molecule has 23 heavy (non-hydrogen) atoms. The first-order valence-corrected chi connectivity index (χ1v) is 8.09. The van der Waals surface area contributed by atoms with E-state index in [1.807, 2.05) is 0 Å². The Kier molecular flexibility index (Phi) is 6.10. The van der Waals surface area contributed by atoms with Crippen LogP contribution in [-0.4, -0.2) is 38.5 Å². The SMILES string of the molecule is O=S(=O)(NC(CO)C(C(F)(F)F)C(F)(F)F)c1cccc(Br)c1. The van der Waals surface area contributed by atoms with Crippen LogP contribution in [-0.2, 0) is 10.0 Å². The summed E-state index contributed by atoms with van der Waals surface area (Å²) >= 11 is 2.93. The van der Waals surface area contributed by atoms with Crippen molar-refractivity contribution in [3.05, 3.63) is 28.7 Å². The van der Waals surface area contributed by atoms with E-state index >= 15 is 0 Å². The van der Waals surface area contributed by atoms with Crippen LogP contribution in [0, 0.1) is 5.92 Å². The lowest BCUT2D eigenvalue weighted by Gasteiger charge is -2.29. The van der Waals surface area contributed by atoms with E-state index < -0.39 is 45.8 Å². The highest BCUT2D eigenvalue weighted by molar-refractivity contribution is 9.10. The molecule has 0 fully saturated rings. The van der Waals surface area contributed by atoms with Crippen molar-refractivity contribution in [2.75, 3.05) is 6.61 Å². The molecule has 0 aliphatic rings. The molecule has 0 saturated carbocycles. The average molecular weight is 430 g/mol. The smallest absolute Gasteiger partial charge is 0.395 e. The summed E-state index contributed by atoms with van der Waals surface area (Å²) in [6.07, 6.45) is -11.6. The topological polar surface area (TPSA) is 66.4 Å². The molecule has 1 unspecified atom stereocenters. The Hall–Kier alpha value is -0.850. The van der Waals surface area contributed by atoms with Gasteiger partial charge < -0.3 is 5.11 Å². The van der Waals surface area contributed by atoms with Gasteiger partial charge in [0.15, 0.2) is 5.92 Å². The Morgan fingerprint density at radius 1 is 1.13 bits per heavy atom. The van der Waals surface area contributed by atoms with Crippen LogP contribution in [0.2, 0.25) is 0 Å². The van der Waals surface area contributed by atoms with Gasteiger partial charge in [-0.2, -0.15) is 26.3 Å². The lowest BCUT2D eigenvalue weighted by atomic mass is 10.00. The maximum atomic E-state index is 12.6. The molecule has 1 aromatic carbocycles. The molecule has 4 nitrogen and oxygen atoms in total. The zero-order chi connectivity index (χ0) is 18.1. The second-order valence-electron chi connectivity index (χ2n) is 4.43. The summed E-state index contributed by atoms with van der Waals surface area (Å²) in [7, 11) is -4.70. The largest absolute Gasteiger partial charge is 0.402 e. The third kappa shape index (κ3) is 5.33. The van der Waals surface area contributed by atoms with Crippen molar-refractivity contribution in [3.63, 3.8) is 0 Å². The molecule has 1 rings (SSSR count). The minimum Gasteiger partial charge on any atom is -0.395 e. The van der Waals surface area contributed by atoms with Crippen molar-refractivity contribution in [1.29, 1.82) is 0 Å². The van der Waals surface area contributed by atoms with E-state index in [0.29, 0.717) is 0 Å². The Labute approximate surface area is 135 Å². The average Bonchev–Trinajstić information content (AvgIpc) is 2.34. The van der Waals surface area contributed by atoms with Crippen LogP contribution >= 0.6 is 15.9 Å². The number of rotatable bonds is 5. The van der Waals surface area contributed by atoms with Gasteiger partial charge in [-0.3, -0.25) is 0 Å². The fraction of sp³-hybridized carbons (Fsp3) is 0.455. The van der Waals surface area contributed by atoms with Gasteiger partial charge >= 0.3 is 12.4 Å². The van der Waals surface area contributed by atoms with Crippen molar-refractivity contribution in [3.8, 4) is 0 Å². The first-order valence-electron chi connectivity index (χ1n) is 5.81. The number of sulfonamides is 1. The molecule has 0 spiro atoms. The van der Waals surface area contributed by atoms with Gasteiger partial charge in [0.05, 0.1) is 17.5 Å². The quantitative estimate of drug-likeness (QED) is 0.707. The predicted octanol–water partition coefficient (Wildman–Crippen LogP) is 2.83. The Balaban J connectivity index is 3.20. The fourth-order valence-electron chi connectivity index (χ4n) is 1.75. The number of hydrogen-bond acceptors (Lipinski definition) is 3. The van der Waals surface area contributed by atoms with Gasteiger partial charge in [0.2, 0.25) is 10.0 Å². The van der Waals surface area contributed by atoms with Crippen LogP contribution in [0.3, 0.4) is 0 Å². The lowest BCUT2D eigenvalue weighted by molar-refractivity contribution is -0.292. The number of aliphatic hydroxyl groups excluding tert-OH is 1. The standard InChI is InChI=1S/C11H10BrF6NO3S/c12-6-2-1-3-7(4-6)23(21,22)19-8(5-20)9(10(13,14)15)11(16,17)18/h1-4,8-9,19-20H,5H2. The summed E-state index contributed by atoms with van der Waals surface area (Å²) in [6.45, 7) is -1.68. The van der Waals surface area contributed by atoms with Gasteiger partial charge in [0, 0.05) is 4.47 Å². The number of alkyl halides is 6. The fourth-order valence-corrected chi connectivity index (χ4v) is 3.59. The second-order valence-corrected chi connectivity index (χ2v) is 7.06. The van der Waals surface area contributed by atoms with Crippen LogP contribution in [0.1, 0.15) is 0 Å². The maximum Gasteiger partial charge on any atom is 0.402 e. The maximum absolute atomic E-state index is 12.6. The predicted molar refractivity (Wildman–Crippen MR) is 70.9 cm³/mol. The normalized spacial score (nSPS) is 15.0. The van der Waals surface area contributed by atoms with Crippen molar-refractivity contribution < 1.29 is 39.9 Å². The third-order valence-corrected chi connectivity index (χ3v) is 4.70. The van der Waals surface area contributed by atoms with Crippen LogP contribution in [0.5, 0.6) is 0 Å². The minimum absolute atomic E-state index is 0.254. The molecule has 0 aromatic heterocycles. The summed E-state index contributed by atoms with van der Waals surface area (Å²) in [6, 6.07) is 1.82. The number of nitrogens with one attached hydrogen (secondary N) is 1. The lowest BCUT2D eigenvalue weighted by Crippen LogP contribution is -2.54. The van der Waals surface area contributed by atoms with Crippen LogP contribution in [0.25, 0.3) is 0 Å². The van der Waals surface area contributed by atoms with Gasteiger partial charge in [0.25, 0.3) is 0 Å². The molecular formula is C11H10BrF6NO3S. The van der Waals surface area contributed by atoms with Gasteiger partial charge in [-0.05, 0) is 18.2 Å². The molecular weight excluding hydrogens is 420 g/mol. The molecule has 132 valence electrons. The second kappa shape index (κ2) is 6.95. The van der Waals surface area contributed by atoms with E-state index in [1.54, 1.807) is 0 Å². The summed E-state index contributed by atoms with van der Waals surface area (Å²) < 4.78 is 101. The summed E-state index contributed by atoms with van der Waals surface area (Å²) in [5.41, 5.74) is 0. The zero-order valence-electron chi connectivity index (χ0n) is 11.0. The van der Waals surface area contributed by atoms with E-state index in [4.69, 9.17) is 5.11 Å². The Morgan fingerprint density at radius 3 is 2.04 bits per heavy atom. The molecule has 0 saturated heterocycles. The number of hydrogen-bond donors (Lipinski definition) is 2. The molecule has 2 N–H and O–H groups in total. The molecule has 0 heterocycles. The molecule has 0 amide bonds. The Morgan fingerprint density at radius 2 is 1.65 bits per heavy atom. The minimum atomic E-state index is -5.79. The van der Waals surface area contributed by atoms with Crippen molar-refractivity contribution in [2.24, 2.45) is 5.92 Å². The highest BCUT2D eigenvalue weighted by atomic mass is 79.9. The molecule has 1 aromatic rings. The third-order valence-electron chi connectivity index (χ3n) is 2.72. The molecule has 12 heteroatoms. The van der Waals surface area contributed by atoms with Crippen molar-refractivity contribution >= 4 is 26.0 Å². The highest BCUT2D eigenvalue weighted by Crippen LogP contribution is 2.41. The number of benzene rings is 1. The molecule has 0 aliphatic carbocycles. The van der Waals surface area contributed by atoms with Gasteiger partial charge in [0.1, 0.15) is 0 Å². The first-order chi connectivity index (χ1) is 10.3. The van der Waals surface area contributed by atoms with Gasteiger partial charge in [-0.1, -0.05) is 22.0 Å². The van der Waals surface area contributed by atoms with Crippen LogP contribution in [0.4, 0.5) is 26.3 Å². The number of halogens is 7. The van der Waals surface area contributed by atoms with Crippen LogP contribution < -0.4 is 4.72 Å². The Bertz CT molecular complexity index is 632. The van der Waals surface area contributed by atoms with Gasteiger partial charge in [-0.15, -0.1) is 0 Å². The van der Waals surface area contributed by atoms with Crippen LogP contribution in [0.15, 0.2) is 33.6 Å². The van der Waals surface area contributed by atoms with E-state index in [0.717, 1.165) is 12.1 Å². The highest BCUT2D eigenvalue weighted by Gasteiger charge is 2.60. The zero-order valence-corrected chi connectivity index (χ0v) is 13.4. The molecule has 0 radical (unpaired) electrons. The van der Waals surface area contributed by atoms with E-state index in [-0.39, 0.29) is 4.47 Å². The molecule has 1 atom stereocenters. The molecule has 0 bridgehead atoms. The van der Waals surface area contributed by atoms with E-state index in [9.17, 15) is 34.8 Å². The first kappa shape index (κ1) is 20.2. The van der Waals surface area contributed by atoms with Crippen molar-refractivity contribution in [2.45, 2.75) is 23.3 Å². The van der Waals surface area contributed by atoms with Gasteiger partial charge in [-0.25, -0.2) is 13.1 Å². The van der Waals surface area contributed by atoms with E-state index in [1.165, 1.54) is 16.9 Å². The number of aliphatic hydroxyl groups is 1. The monoisotopic (exact) mass is 429 g/mol. The summed E-state index contributed by atoms with van der Waals surface area (Å²) in [5.74, 6) is -4.04. The summed E-state index contributed by atoms with van der Waals surface area (Å²) in [4.78, 5) is -0.548. The molecule has 0 aliphatic heterocycles.